The van der Waals surface area contributed by atoms with Crippen LogP contribution in [0.4, 0.5) is 0 Å². The van der Waals surface area contributed by atoms with Crippen LogP contribution in [0.15, 0.2) is 18.2 Å². The minimum absolute atomic E-state index is 0.635. The van der Waals surface area contributed by atoms with Gasteiger partial charge in [-0.05, 0) is 86.8 Å². The van der Waals surface area contributed by atoms with Crippen LogP contribution in [-0.4, -0.2) is 13.2 Å². The van der Waals surface area contributed by atoms with Crippen molar-refractivity contribution in [2.75, 3.05) is 13.2 Å². The van der Waals surface area contributed by atoms with Gasteiger partial charge in [0.2, 0.25) is 0 Å². The molecule has 0 spiro atoms. The smallest absolute Gasteiger partial charge is 0.123 e. The van der Waals surface area contributed by atoms with E-state index in [4.69, 9.17) is 9.47 Å². The van der Waals surface area contributed by atoms with Gasteiger partial charge in [-0.15, -0.1) is 0 Å². The standard InChI is InChI=1S/C35H60O2/c1-4-7-9-11-13-15-30-20-22-32(23-21-30)34-27-33(36-26-6-3)24-25-35(34)37-28-31-18-16-29(17-19-31)14-12-10-8-5-2/h24-25,27,29-32H,4-23,26,28H2,1-3H3. The Morgan fingerprint density at radius 1 is 0.595 bits per heavy atom. The Labute approximate surface area is 230 Å². The summed E-state index contributed by atoms with van der Waals surface area (Å²) in [5.41, 5.74) is 1.43. The van der Waals surface area contributed by atoms with Gasteiger partial charge in [0.25, 0.3) is 0 Å². The monoisotopic (exact) mass is 512 g/mol. The summed E-state index contributed by atoms with van der Waals surface area (Å²) in [5.74, 6) is 5.47. The zero-order valence-electron chi connectivity index (χ0n) is 24.9. The topological polar surface area (TPSA) is 18.5 Å². The molecule has 3 rings (SSSR count). The van der Waals surface area contributed by atoms with E-state index >= 15 is 0 Å². The van der Waals surface area contributed by atoms with E-state index in [1.807, 2.05) is 0 Å². The van der Waals surface area contributed by atoms with Gasteiger partial charge in [0.1, 0.15) is 11.5 Å². The first-order valence-corrected chi connectivity index (χ1v) is 16.6. The van der Waals surface area contributed by atoms with Crippen molar-refractivity contribution in [3.05, 3.63) is 23.8 Å². The molecule has 0 atom stereocenters. The summed E-state index contributed by atoms with van der Waals surface area (Å²) in [6.45, 7) is 8.50. The Hall–Kier alpha value is -1.18. The number of rotatable bonds is 18. The molecule has 0 amide bonds. The van der Waals surface area contributed by atoms with Crippen LogP contribution >= 0.6 is 0 Å². The summed E-state index contributed by atoms with van der Waals surface area (Å²) >= 11 is 0. The number of unbranched alkanes of at least 4 members (excludes halogenated alkanes) is 7. The molecule has 0 aliphatic heterocycles. The van der Waals surface area contributed by atoms with Gasteiger partial charge in [-0.1, -0.05) is 104 Å². The molecule has 0 aromatic heterocycles. The third kappa shape index (κ3) is 11.2. The van der Waals surface area contributed by atoms with E-state index in [9.17, 15) is 0 Å². The van der Waals surface area contributed by atoms with Crippen LogP contribution in [0.25, 0.3) is 0 Å². The molecule has 0 N–H and O–H groups in total. The number of ether oxygens (including phenoxy) is 2. The molecule has 2 saturated carbocycles. The van der Waals surface area contributed by atoms with Gasteiger partial charge in [-0.3, -0.25) is 0 Å². The molecular formula is C35H60O2. The fourth-order valence-corrected chi connectivity index (χ4v) is 6.84. The van der Waals surface area contributed by atoms with Crippen molar-refractivity contribution in [3.63, 3.8) is 0 Å². The van der Waals surface area contributed by atoms with Crippen LogP contribution in [0.1, 0.15) is 161 Å². The Morgan fingerprint density at radius 2 is 1.16 bits per heavy atom. The molecule has 2 aliphatic carbocycles. The predicted octanol–water partition coefficient (Wildman–Crippen LogP) is 11.3. The maximum atomic E-state index is 6.61. The molecule has 0 bridgehead atoms. The second-order valence-electron chi connectivity index (χ2n) is 12.5. The van der Waals surface area contributed by atoms with E-state index in [-0.39, 0.29) is 0 Å². The van der Waals surface area contributed by atoms with Crippen molar-refractivity contribution >= 4 is 0 Å². The normalized spacial score (nSPS) is 24.2. The van der Waals surface area contributed by atoms with Gasteiger partial charge in [0.05, 0.1) is 13.2 Å². The molecule has 2 nitrogen and oxygen atoms in total. The van der Waals surface area contributed by atoms with Crippen LogP contribution in [0.5, 0.6) is 11.5 Å². The Bertz CT molecular complexity index is 697. The summed E-state index contributed by atoms with van der Waals surface area (Å²) < 4.78 is 12.7. The lowest BCUT2D eigenvalue weighted by atomic mass is 9.76. The number of hydrogen-bond donors (Lipinski definition) is 0. The average molecular weight is 513 g/mol. The summed E-state index contributed by atoms with van der Waals surface area (Å²) in [6.07, 6.45) is 27.6. The summed E-state index contributed by atoms with van der Waals surface area (Å²) in [6, 6.07) is 6.69. The van der Waals surface area contributed by atoms with Crippen LogP contribution in [0.2, 0.25) is 0 Å². The second kappa shape index (κ2) is 18.2. The third-order valence-electron chi connectivity index (χ3n) is 9.36. The first kappa shape index (κ1) is 30.4. The highest BCUT2D eigenvalue weighted by molar-refractivity contribution is 5.43. The molecule has 0 radical (unpaired) electrons. The summed E-state index contributed by atoms with van der Waals surface area (Å²) in [7, 11) is 0. The van der Waals surface area contributed by atoms with Gasteiger partial charge < -0.3 is 9.47 Å². The second-order valence-corrected chi connectivity index (χ2v) is 12.5. The van der Waals surface area contributed by atoms with E-state index in [0.717, 1.165) is 48.9 Å². The van der Waals surface area contributed by atoms with Crippen molar-refractivity contribution in [2.24, 2.45) is 17.8 Å². The number of benzene rings is 1. The molecular weight excluding hydrogens is 452 g/mol. The molecule has 2 heteroatoms. The lowest BCUT2D eigenvalue weighted by Crippen LogP contribution is -2.21. The van der Waals surface area contributed by atoms with Gasteiger partial charge in [-0.25, -0.2) is 0 Å². The SMILES string of the molecule is CCCCCCCC1CCC(c2cc(OCCC)ccc2OCC2CCC(CCCCCC)CC2)CC1. The molecule has 0 unspecified atom stereocenters. The van der Waals surface area contributed by atoms with E-state index in [2.05, 4.69) is 39.0 Å². The average Bonchev–Trinajstić information content (AvgIpc) is 2.94. The highest BCUT2D eigenvalue weighted by atomic mass is 16.5. The highest BCUT2D eigenvalue weighted by Gasteiger charge is 2.26. The van der Waals surface area contributed by atoms with E-state index in [0.29, 0.717) is 5.92 Å². The van der Waals surface area contributed by atoms with Crippen LogP contribution in [-0.2, 0) is 0 Å². The minimum atomic E-state index is 0.635. The summed E-state index contributed by atoms with van der Waals surface area (Å²) in [5, 5.41) is 0. The molecule has 0 heterocycles. The van der Waals surface area contributed by atoms with Crippen molar-refractivity contribution < 1.29 is 9.47 Å². The third-order valence-corrected chi connectivity index (χ3v) is 9.36. The van der Waals surface area contributed by atoms with Gasteiger partial charge in [0, 0.05) is 5.56 Å². The fourth-order valence-electron chi connectivity index (χ4n) is 6.84. The Morgan fingerprint density at radius 3 is 1.78 bits per heavy atom. The van der Waals surface area contributed by atoms with Crippen molar-refractivity contribution in [3.8, 4) is 11.5 Å². The number of hydrogen-bond acceptors (Lipinski definition) is 2. The first-order chi connectivity index (χ1) is 18.2. The maximum absolute atomic E-state index is 6.61. The minimum Gasteiger partial charge on any atom is -0.494 e. The van der Waals surface area contributed by atoms with Crippen LogP contribution in [0, 0.1) is 17.8 Å². The van der Waals surface area contributed by atoms with E-state index < -0.39 is 0 Å². The molecule has 37 heavy (non-hydrogen) atoms. The fraction of sp³-hybridized carbons (Fsp3) is 0.829. The molecule has 2 fully saturated rings. The summed E-state index contributed by atoms with van der Waals surface area (Å²) in [4.78, 5) is 0. The lowest BCUT2D eigenvalue weighted by Gasteiger charge is -2.31. The van der Waals surface area contributed by atoms with Crippen molar-refractivity contribution in [2.45, 2.75) is 155 Å². The van der Waals surface area contributed by atoms with Crippen molar-refractivity contribution in [1.82, 2.24) is 0 Å². The van der Waals surface area contributed by atoms with Gasteiger partial charge in [-0.2, -0.15) is 0 Å². The molecule has 1 aromatic carbocycles. The molecule has 0 saturated heterocycles. The lowest BCUT2D eigenvalue weighted by molar-refractivity contribution is 0.175. The van der Waals surface area contributed by atoms with Crippen molar-refractivity contribution in [1.29, 1.82) is 0 Å². The quantitative estimate of drug-likeness (QED) is 0.182. The highest BCUT2D eigenvalue weighted by Crippen LogP contribution is 2.43. The zero-order chi connectivity index (χ0) is 26.1. The van der Waals surface area contributed by atoms with Crippen LogP contribution < -0.4 is 9.47 Å². The maximum Gasteiger partial charge on any atom is 0.123 e. The Kier molecular flexibility index (Phi) is 14.9. The zero-order valence-corrected chi connectivity index (χ0v) is 24.9. The predicted molar refractivity (Wildman–Crippen MR) is 160 cm³/mol. The molecule has 212 valence electrons. The molecule has 2 aliphatic rings. The van der Waals surface area contributed by atoms with Crippen LogP contribution in [0.3, 0.4) is 0 Å². The molecule has 1 aromatic rings. The van der Waals surface area contributed by atoms with E-state index in [1.165, 1.54) is 128 Å². The Balaban J connectivity index is 1.48. The van der Waals surface area contributed by atoms with Gasteiger partial charge in [0.15, 0.2) is 0 Å². The van der Waals surface area contributed by atoms with Gasteiger partial charge >= 0.3 is 0 Å². The van der Waals surface area contributed by atoms with E-state index in [1.54, 1.807) is 0 Å². The first-order valence-electron chi connectivity index (χ1n) is 16.6. The largest absolute Gasteiger partial charge is 0.494 e.